The summed E-state index contributed by atoms with van der Waals surface area (Å²) in [5.74, 6) is 2.74. The van der Waals surface area contributed by atoms with Crippen LogP contribution in [0.25, 0.3) is 0 Å². The van der Waals surface area contributed by atoms with E-state index in [1.54, 1.807) is 0 Å². The molecule has 1 aliphatic rings. The van der Waals surface area contributed by atoms with E-state index < -0.39 is 5.41 Å². The molecule has 0 saturated carbocycles. The van der Waals surface area contributed by atoms with E-state index in [1.165, 1.54) is 0 Å². The molecule has 2 rings (SSSR count). The van der Waals surface area contributed by atoms with Gasteiger partial charge in [-0.15, -0.1) is 0 Å². The van der Waals surface area contributed by atoms with Crippen molar-refractivity contribution in [3.8, 4) is 12.0 Å². The van der Waals surface area contributed by atoms with Gasteiger partial charge < -0.3 is 10.2 Å². The van der Waals surface area contributed by atoms with Crippen molar-refractivity contribution in [1.82, 2.24) is 0 Å². The fourth-order valence-electron chi connectivity index (χ4n) is 2.18. The lowest BCUT2D eigenvalue weighted by Gasteiger charge is -2.30. The summed E-state index contributed by atoms with van der Waals surface area (Å²) in [6.45, 7) is -0.135. The molecule has 0 radical (unpaired) electrons. The van der Waals surface area contributed by atoms with Gasteiger partial charge in [0.05, 0.1) is 12.0 Å². The van der Waals surface area contributed by atoms with Gasteiger partial charge in [0.1, 0.15) is 6.11 Å². The van der Waals surface area contributed by atoms with E-state index >= 15 is 0 Å². The summed E-state index contributed by atoms with van der Waals surface area (Å²) in [5.41, 5.74) is 0.143. The molecule has 0 amide bonds. The molecule has 1 unspecified atom stereocenters. The molecule has 17 heavy (non-hydrogen) atoms. The molecule has 0 aromatic heterocycles. The lowest BCUT2D eigenvalue weighted by molar-refractivity contribution is 0.212. The molecule has 0 saturated heterocycles. The Morgan fingerprint density at radius 1 is 1.12 bits per heavy atom. The molecule has 86 valence electrons. The van der Waals surface area contributed by atoms with Crippen molar-refractivity contribution in [2.75, 3.05) is 6.61 Å². The molecule has 1 aliphatic carbocycles. The zero-order valence-electron chi connectivity index (χ0n) is 9.38. The van der Waals surface area contributed by atoms with Gasteiger partial charge in [-0.3, -0.25) is 0 Å². The monoisotopic (exact) mass is 226 g/mol. The molecule has 1 atom stereocenters. The number of hydrogen-bond donors (Lipinski definition) is 2. The zero-order chi connectivity index (χ0) is 12.1. The minimum Gasteiger partial charge on any atom is -0.462 e. The van der Waals surface area contributed by atoms with Crippen LogP contribution in [0.1, 0.15) is 5.56 Å². The van der Waals surface area contributed by atoms with Gasteiger partial charge in [0, 0.05) is 5.92 Å². The Labute approximate surface area is 101 Å². The fourth-order valence-corrected chi connectivity index (χ4v) is 2.18. The highest BCUT2D eigenvalue weighted by molar-refractivity contribution is 5.42. The van der Waals surface area contributed by atoms with Gasteiger partial charge in [0.25, 0.3) is 0 Å². The first kappa shape index (κ1) is 11.5. The van der Waals surface area contributed by atoms with E-state index in [0.717, 1.165) is 5.56 Å². The van der Waals surface area contributed by atoms with Gasteiger partial charge >= 0.3 is 0 Å². The highest BCUT2D eigenvalue weighted by Crippen LogP contribution is 2.35. The predicted octanol–water partition coefficient (Wildman–Crippen LogP) is 1.99. The van der Waals surface area contributed by atoms with Crippen LogP contribution in [0, 0.1) is 17.9 Å². The molecule has 2 heteroatoms. The maximum Gasteiger partial charge on any atom is 0.108 e. The zero-order valence-corrected chi connectivity index (χ0v) is 9.38. The van der Waals surface area contributed by atoms with Crippen molar-refractivity contribution in [1.29, 1.82) is 0 Å². The van der Waals surface area contributed by atoms with Crippen LogP contribution in [0.3, 0.4) is 0 Å². The average Bonchev–Trinajstić information content (AvgIpc) is 2.91. The average molecular weight is 226 g/mol. The Balaban J connectivity index is 2.52. The van der Waals surface area contributed by atoms with Gasteiger partial charge in [-0.25, -0.2) is 0 Å². The Hall–Kier alpha value is -1.98. The van der Waals surface area contributed by atoms with Gasteiger partial charge in [0.2, 0.25) is 0 Å². The first-order chi connectivity index (χ1) is 8.33. The molecule has 1 aromatic carbocycles. The number of aliphatic hydroxyl groups is 2. The van der Waals surface area contributed by atoms with Gasteiger partial charge in [-0.05, 0) is 11.5 Å². The standard InChI is InChI=1S/C15H14O2/c16-11-10-15(12-17,14-8-4-5-9-14)13-6-2-1-3-7-13/h1-9,14,16-17H,12H2. The summed E-state index contributed by atoms with van der Waals surface area (Å²) in [7, 11) is 0. The summed E-state index contributed by atoms with van der Waals surface area (Å²) in [5, 5.41) is 18.7. The smallest absolute Gasteiger partial charge is 0.108 e. The second-order valence-corrected chi connectivity index (χ2v) is 4.03. The second kappa shape index (κ2) is 4.90. The van der Waals surface area contributed by atoms with Gasteiger partial charge in [0.15, 0.2) is 0 Å². The normalized spacial score (nSPS) is 17.5. The summed E-state index contributed by atoms with van der Waals surface area (Å²) in [6.07, 6.45) is 9.77. The third-order valence-corrected chi connectivity index (χ3v) is 3.13. The van der Waals surface area contributed by atoms with Crippen molar-refractivity contribution in [2.24, 2.45) is 5.92 Å². The van der Waals surface area contributed by atoms with Crippen LogP contribution in [0.2, 0.25) is 0 Å². The van der Waals surface area contributed by atoms with Crippen LogP contribution >= 0.6 is 0 Å². The molecule has 2 nitrogen and oxygen atoms in total. The Morgan fingerprint density at radius 3 is 2.29 bits per heavy atom. The van der Waals surface area contributed by atoms with E-state index in [-0.39, 0.29) is 12.5 Å². The highest BCUT2D eigenvalue weighted by atomic mass is 16.3. The lowest BCUT2D eigenvalue weighted by atomic mass is 9.72. The molecular weight excluding hydrogens is 212 g/mol. The molecule has 0 aliphatic heterocycles. The fraction of sp³-hybridized carbons (Fsp3) is 0.200. The number of allylic oxidation sites excluding steroid dienone is 4. The lowest BCUT2D eigenvalue weighted by Crippen LogP contribution is -2.35. The van der Waals surface area contributed by atoms with Crippen molar-refractivity contribution < 1.29 is 10.2 Å². The number of benzene rings is 1. The van der Waals surface area contributed by atoms with Gasteiger partial charge in [-0.2, -0.15) is 0 Å². The molecule has 0 spiro atoms. The Kier molecular flexibility index (Phi) is 3.32. The van der Waals surface area contributed by atoms with Crippen molar-refractivity contribution >= 4 is 0 Å². The van der Waals surface area contributed by atoms with E-state index in [4.69, 9.17) is 5.11 Å². The molecule has 1 aromatic rings. The highest BCUT2D eigenvalue weighted by Gasteiger charge is 2.37. The van der Waals surface area contributed by atoms with Crippen LogP contribution in [0.4, 0.5) is 0 Å². The third-order valence-electron chi connectivity index (χ3n) is 3.13. The second-order valence-electron chi connectivity index (χ2n) is 4.03. The summed E-state index contributed by atoms with van der Waals surface area (Å²) >= 11 is 0. The van der Waals surface area contributed by atoms with Crippen LogP contribution in [0.15, 0.2) is 54.6 Å². The minimum absolute atomic E-state index is 0.0189. The first-order valence-electron chi connectivity index (χ1n) is 5.51. The largest absolute Gasteiger partial charge is 0.462 e. The Morgan fingerprint density at radius 2 is 1.76 bits per heavy atom. The van der Waals surface area contributed by atoms with E-state index in [0.29, 0.717) is 0 Å². The molecule has 0 bridgehead atoms. The van der Waals surface area contributed by atoms with Crippen molar-refractivity contribution in [3.63, 3.8) is 0 Å². The number of rotatable bonds is 3. The minimum atomic E-state index is -0.764. The molecular formula is C15H14O2. The van der Waals surface area contributed by atoms with Crippen LogP contribution < -0.4 is 0 Å². The summed E-state index contributed by atoms with van der Waals surface area (Å²) in [4.78, 5) is 0. The first-order valence-corrected chi connectivity index (χ1v) is 5.51. The van der Waals surface area contributed by atoms with Crippen LogP contribution in [0.5, 0.6) is 0 Å². The van der Waals surface area contributed by atoms with E-state index in [9.17, 15) is 5.11 Å². The quantitative estimate of drug-likeness (QED) is 0.774. The van der Waals surface area contributed by atoms with E-state index in [2.05, 4.69) is 5.92 Å². The van der Waals surface area contributed by atoms with E-state index in [1.807, 2.05) is 60.7 Å². The number of hydrogen-bond acceptors (Lipinski definition) is 2. The maximum absolute atomic E-state index is 9.74. The van der Waals surface area contributed by atoms with Crippen LogP contribution in [-0.2, 0) is 5.41 Å². The van der Waals surface area contributed by atoms with Crippen molar-refractivity contribution in [2.45, 2.75) is 5.41 Å². The topological polar surface area (TPSA) is 40.5 Å². The summed E-state index contributed by atoms with van der Waals surface area (Å²) in [6, 6.07) is 9.56. The Bertz CT molecular complexity index is 479. The summed E-state index contributed by atoms with van der Waals surface area (Å²) < 4.78 is 0. The van der Waals surface area contributed by atoms with Crippen molar-refractivity contribution in [3.05, 3.63) is 60.2 Å². The molecule has 2 N–H and O–H groups in total. The third kappa shape index (κ3) is 1.98. The maximum atomic E-state index is 9.74. The molecule has 0 fully saturated rings. The SMILES string of the molecule is OC#CC(CO)(c1ccccc1)C1C=CC=C1. The number of aliphatic hydroxyl groups excluding tert-OH is 2. The molecule has 0 heterocycles. The predicted molar refractivity (Wildman–Crippen MR) is 66.7 cm³/mol. The van der Waals surface area contributed by atoms with Crippen LogP contribution in [-0.4, -0.2) is 16.8 Å². The van der Waals surface area contributed by atoms with Gasteiger partial charge in [-0.1, -0.05) is 54.6 Å².